The van der Waals surface area contributed by atoms with E-state index in [0.29, 0.717) is 13.1 Å². The summed E-state index contributed by atoms with van der Waals surface area (Å²) in [6.07, 6.45) is 2.97. The van der Waals surface area contributed by atoms with E-state index in [1.54, 1.807) is 5.01 Å². The quantitative estimate of drug-likeness (QED) is 0.703. The molecule has 20 heavy (non-hydrogen) atoms. The van der Waals surface area contributed by atoms with E-state index in [9.17, 15) is 13.2 Å². The van der Waals surface area contributed by atoms with E-state index in [0.717, 1.165) is 25.3 Å². The Morgan fingerprint density at radius 1 is 1.25 bits per heavy atom. The zero-order valence-electron chi connectivity index (χ0n) is 10.9. The number of sulfonamides is 1. The van der Waals surface area contributed by atoms with Gasteiger partial charge in [-0.15, -0.1) is 4.83 Å². The second-order valence-electron chi connectivity index (χ2n) is 4.70. The number of aromatic carboxylic acids is 1. The summed E-state index contributed by atoms with van der Waals surface area (Å²) in [5.74, 6) is -1.15. The van der Waals surface area contributed by atoms with Crippen molar-refractivity contribution in [3.63, 3.8) is 0 Å². The van der Waals surface area contributed by atoms with Crippen LogP contribution in [0, 0.1) is 0 Å². The van der Waals surface area contributed by atoms with Gasteiger partial charge in [-0.3, -0.25) is 0 Å². The minimum atomic E-state index is -3.78. The van der Waals surface area contributed by atoms with Crippen LogP contribution in [0.4, 0.5) is 5.69 Å². The highest BCUT2D eigenvalue weighted by Crippen LogP contribution is 2.20. The number of carboxylic acid groups (broad SMARTS) is 1. The van der Waals surface area contributed by atoms with Crippen LogP contribution in [0.2, 0.25) is 0 Å². The number of nitrogen functional groups attached to an aromatic ring is 1. The van der Waals surface area contributed by atoms with Gasteiger partial charge in [0, 0.05) is 13.1 Å². The van der Waals surface area contributed by atoms with Gasteiger partial charge in [0.25, 0.3) is 10.0 Å². The second-order valence-corrected chi connectivity index (χ2v) is 6.33. The Balaban J connectivity index is 2.22. The van der Waals surface area contributed by atoms with Gasteiger partial charge in [0.15, 0.2) is 0 Å². The van der Waals surface area contributed by atoms with E-state index in [4.69, 9.17) is 10.8 Å². The van der Waals surface area contributed by atoms with Crippen LogP contribution in [-0.4, -0.2) is 37.6 Å². The van der Waals surface area contributed by atoms with Crippen molar-refractivity contribution in [1.82, 2.24) is 9.84 Å². The maximum absolute atomic E-state index is 12.2. The Morgan fingerprint density at radius 3 is 2.45 bits per heavy atom. The zero-order valence-corrected chi connectivity index (χ0v) is 11.7. The maximum Gasteiger partial charge on any atom is 0.335 e. The maximum atomic E-state index is 12.2. The van der Waals surface area contributed by atoms with Gasteiger partial charge in [-0.05, 0) is 31.0 Å². The molecule has 1 saturated heterocycles. The molecule has 8 heteroatoms. The normalized spacial score (nSPS) is 17.0. The number of nitrogens with zero attached hydrogens (tertiary/aromatic N) is 1. The molecule has 2 rings (SSSR count). The smallest absolute Gasteiger partial charge is 0.335 e. The standard InChI is InChI=1S/C12H17N3O4S/c13-10-8-9(12(16)17)4-5-11(10)20(18,19)14-15-6-2-1-3-7-15/h4-5,8,14H,1-3,6-7,13H2,(H,16,17). The van der Waals surface area contributed by atoms with Crippen LogP contribution in [0.5, 0.6) is 0 Å². The van der Waals surface area contributed by atoms with Gasteiger partial charge in [0.05, 0.1) is 11.3 Å². The molecule has 0 unspecified atom stereocenters. The SMILES string of the molecule is Nc1cc(C(=O)O)ccc1S(=O)(=O)NN1CCCCC1. The summed E-state index contributed by atoms with van der Waals surface area (Å²) in [6, 6.07) is 3.58. The molecule has 0 atom stereocenters. The topological polar surface area (TPSA) is 113 Å². The number of rotatable bonds is 4. The lowest BCUT2D eigenvalue weighted by Gasteiger charge is -2.26. The predicted molar refractivity (Wildman–Crippen MR) is 73.6 cm³/mol. The van der Waals surface area contributed by atoms with Crippen molar-refractivity contribution >= 4 is 21.7 Å². The average Bonchev–Trinajstić information content (AvgIpc) is 2.38. The first kappa shape index (κ1) is 14.8. The molecule has 1 aromatic carbocycles. The van der Waals surface area contributed by atoms with Crippen molar-refractivity contribution in [3.8, 4) is 0 Å². The van der Waals surface area contributed by atoms with E-state index >= 15 is 0 Å². The molecule has 7 nitrogen and oxygen atoms in total. The number of benzene rings is 1. The third-order valence-corrected chi connectivity index (χ3v) is 4.60. The highest BCUT2D eigenvalue weighted by atomic mass is 32.2. The van der Waals surface area contributed by atoms with E-state index in [1.807, 2.05) is 0 Å². The van der Waals surface area contributed by atoms with E-state index < -0.39 is 16.0 Å². The van der Waals surface area contributed by atoms with Gasteiger partial charge in [0.2, 0.25) is 0 Å². The van der Waals surface area contributed by atoms with Gasteiger partial charge in [-0.1, -0.05) is 6.42 Å². The van der Waals surface area contributed by atoms with Gasteiger partial charge in [-0.25, -0.2) is 18.2 Å². The number of piperidine rings is 1. The zero-order chi connectivity index (χ0) is 14.8. The first-order chi connectivity index (χ1) is 9.40. The van der Waals surface area contributed by atoms with Crippen LogP contribution in [0.15, 0.2) is 23.1 Å². The molecule has 0 saturated carbocycles. The average molecular weight is 299 g/mol. The molecular formula is C12H17N3O4S. The molecule has 0 aromatic heterocycles. The highest BCUT2D eigenvalue weighted by molar-refractivity contribution is 7.89. The molecular weight excluding hydrogens is 282 g/mol. The molecule has 1 aromatic rings. The van der Waals surface area contributed by atoms with Crippen LogP contribution in [0.25, 0.3) is 0 Å². The fourth-order valence-corrected chi connectivity index (χ4v) is 3.37. The number of carbonyl (C=O) groups is 1. The monoisotopic (exact) mass is 299 g/mol. The summed E-state index contributed by atoms with van der Waals surface area (Å²) in [5.41, 5.74) is 5.53. The van der Waals surface area contributed by atoms with Crippen molar-refractivity contribution in [2.75, 3.05) is 18.8 Å². The highest BCUT2D eigenvalue weighted by Gasteiger charge is 2.22. The number of nitrogens with one attached hydrogen (secondary N) is 1. The lowest BCUT2D eigenvalue weighted by atomic mass is 10.2. The molecule has 1 aliphatic heterocycles. The van der Waals surface area contributed by atoms with E-state index in [1.165, 1.54) is 12.1 Å². The first-order valence-electron chi connectivity index (χ1n) is 6.30. The summed E-state index contributed by atoms with van der Waals surface area (Å²) in [4.78, 5) is 13.2. The number of hydrazine groups is 1. The summed E-state index contributed by atoms with van der Waals surface area (Å²) in [7, 11) is -3.78. The Hall–Kier alpha value is -1.64. The number of carboxylic acids is 1. The Kier molecular flexibility index (Phi) is 4.26. The molecule has 0 amide bonds. The number of nitrogens with two attached hydrogens (primary N) is 1. The molecule has 1 heterocycles. The molecule has 1 fully saturated rings. The molecule has 110 valence electrons. The first-order valence-corrected chi connectivity index (χ1v) is 7.79. The minimum absolute atomic E-state index is 0.0422. The molecule has 0 aliphatic carbocycles. The summed E-state index contributed by atoms with van der Waals surface area (Å²) < 4.78 is 24.4. The van der Waals surface area contributed by atoms with Crippen molar-refractivity contribution in [3.05, 3.63) is 23.8 Å². The Bertz CT molecular complexity index is 609. The van der Waals surface area contributed by atoms with Crippen LogP contribution in [-0.2, 0) is 10.0 Å². The second kappa shape index (κ2) is 5.78. The van der Waals surface area contributed by atoms with E-state index in [2.05, 4.69) is 4.83 Å². The number of hydrogen-bond acceptors (Lipinski definition) is 5. The third kappa shape index (κ3) is 3.27. The van der Waals surface area contributed by atoms with Crippen LogP contribution < -0.4 is 10.6 Å². The van der Waals surface area contributed by atoms with Gasteiger partial charge < -0.3 is 10.8 Å². The van der Waals surface area contributed by atoms with Crippen molar-refractivity contribution in [2.45, 2.75) is 24.2 Å². The van der Waals surface area contributed by atoms with Crippen molar-refractivity contribution in [2.24, 2.45) is 0 Å². The predicted octanol–water partition coefficient (Wildman–Crippen LogP) is 0.646. The van der Waals surface area contributed by atoms with Gasteiger partial charge >= 0.3 is 5.97 Å². The number of anilines is 1. The molecule has 0 radical (unpaired) electrons. The number of hydrogen-bond donors (Lipinski definition) is 3. The summed E-state index contributed by atoms with van der Waals surface area (Å²) in [6.45, 7) is 1.32. The molecule has 1 aliphatic rings. The van der Waals surface area contributed by atoms with Gasteiger partial charge in [0.1, 0.15) is 4.90 Å². The molecule has 0 spiro atoms. The lowest BCUT2D eigenvalue weighted by molar-refractivity contribution is 0.0697. The largest absolute Gasteiger partial charge is 0.478 e. The Labute approximate surface area is 117 Å². The minimum Gasteiger partial charge on any atom is -0.478 e. The lowest BCUT2D eigenvalue weighted by Crippen LogP contribution is -2.45. The fourth-order valence-electron chi connectivity index (χ4n) is 2.13. The molecule has 4 N–H and O–H groups in total. The van der Waals surface area contributed by atoms with Gasteiger partial charge in [-0.2, -0.15) is 0 Å². The molecule has 0 bridgehead atoms. The summed E-state index contributed by atoms with van der Waals surface area (Å²) >= 11 is 0. The van der Waals surface area contributed by atoms with Crippen LogP contribution in [0.3, 0.4) is 0 Å². The third-order valence-electron chi connectivity index (χ3n) is 3.15. The Morgan fingerprint density at radius 2 is 1.90 bits per heavy atom. The fraction of sp³-hybridized carbons (Fsp3) is 0.417. The van der Waals surface area contributed by atoms with Crippen molar-refractivity contribution in [1.29, 1.82) is 0 Å². The summed E-state index contributed by atoms with van der Waals surface area (Å²) in [5, 5.41) is 10.5. The van der Waals surface area contributed by atoms with Crippen LogP contribution in [0.1, 0.15) is 29.6 Å². The van der Waals surface area contributed by atoms with Crippen LogP contribution >= 0.6 is 0 Å². The van der Waals surface area contributed by atoms with Crippen molar-refractivity contribution < 1.29 is 18.3 Å². The van der Waals surface area contributed by atoms with E-state index in [-0.39, 0.29) is 16.1 Å².